The average Bonchev–Trinajstić information content (AvgIpc) is 1.85. The van der Waals surface area contributed by atoms with E-state index in [0.717, 1.165) is 10.5 Å². The molecule has 0 unspecified atom stereocenters. The van der Waals surface area contributed by atoms with Gasteiger partial charge in [-0.2, -0.15) is 0 Å². The predicted molar refractivity (Wildman–Crippen MR) is 65.5 cm³/mol. The van der Waals surface area contributed by atoms with Crippen LogP contribution in [0.1, 0.15) is 27.7 Å². The molecule has 0 N–H and O–H groups in total. The van der Waals surface area contributed by atoms with Gasteiger partial charge in [-0.1, -0.05) is 70.9 Å². The highest BCUT2D eigenvalue weighted by Crippen LogP contribution is 2.35. The molecule has 0 aliphatic rings. The van der Waals surface area contributed by atoms with Gasteiger partial charge in [0.15, 0.2) is 0 Å². The predicted octanol–water partition coefficient (Wildman–Crippen LogP) is 4.52. The van der Waals surface area contributed by atoms with E-state index < -0.39 is 0 Å². The van der Waals surface area contributed by atoms with Gasteiger partial charge < -0.3 is 0 Å². The molecule has 0 amide bonds. The van der Waals surface area contributed by atoms with Crippen LogP contribution >= 0.6 is 43.2 Å². The van der Waals surface area contributed by atoms with Gasteiger partial charge in [-0.15, -0.1) is 0 Å². The standard InChI is InChI=1S/C7H16S4/c1-6(2)10-8-5-9-11-7(3)4/h6-7H,5H2,1-4H3. The van der Waals surface area contributed by atoms with E-state index in [0.29, 0.717) is 0 Å². The summed E-state index contributed by atoms with van der Waals surface area (Å²) in [6.07, 6.45) is 0. The Morgan fingerprint density at radius 3 is 1.45 bits per heavy atom. The SMILES string of the molecule is CC(C)SSCSSC(C)C. The fourth-order valence-electron chi connectivity index (χ4n) is 0.347. The zero-order valence-electron chi connectivity index (χ0n) is 7.49. The van der Waals surface area contributed by atoms with Crippen molar-refractivity contribution in [1.29, 1.82) is 0 Å². The van der Waals surface area contributed by atoms with Crippen LogP contribution < -0.4 is 0 Å². The Balaban J connectivity index is 2.91. The monoisotopic (exact) mass is 228 g/mol. The third-order valence-corrected chi connectivity index (χ3v) is 7.29. The van der Waals surface area contributed by atoms with Gasteiger partial charge >= 0.3 is 0 Å². The molecule has 0 bridgehead atoms. The van der Waals surface area contributed by atoms with Gasteiger partial charge in [-0.05, 0) is 0 Å². The molecule has 0 saturated heterocycles. The van der Waals surface area contributed by atoms with E-state index in [1.165, 1.54) is 5.08 Å². The molecule has 0 aliphatic carbocycles. The smallest absolute Gasteiger partial charge is 0.0600 e. The quantitative estimate of drug-likeness (QED) is 0.372. The number of hydrogen-bond donors (Lipinski definition) is 0. The van der Waals surface area contributed by atoms with Crippen LogP contribution in [0.15, 0.2) is 0 Å². The highest BCUT2D eigenvalue weighted by atomic mass is 33.1. The Bertz CT molecular complexity index is 72.5. The van der Waals surface area contributed by atoms with Crippen LogP contribution in [0.3, 0.4) is 0 Å². The fraction of sp³-hybridized carbons (Fsp3) is 1.00. The Morgan fingerprint density at radius 1 is 0.818 bits per heavy atom. The molecule has 0 saturated carbocycles. The van der Waals surface area contributed by atoms with Crippen LogP contribution in [-0.2, 0) is 0 Å². The van der Waals surface area contributed by atoms with E-state index in [4.69, 9.17) is 0 Å². The summed E-state index contributed by atoms with van der Waals surface area (Å²) in [5.41, 5.74) is 0. The van der Waals surface area contributed by atoms with Crippen LogP contribution in [0.2, 0.25) is 0 Å². The third kappa shape index (κ3) is 11.4. The lowest BCUT2D eigenvalue weighted by molar-refractivity contribution is 1.12. The van der Waals surface area contributed by atoms with Gasteiger partial charge in [0.05, 0.1) is 5.08 Å². The van der Waals surface area contributed by atoms with Crippen molar-refractivity contribution in [2.24, 2.45) is 0 Å². The summed E-state index contributed by atoms with van der Waals surface area (Å²) < 4.78 is 0. The minimum Gasteiger partial charge on any atom is -0.0904 e. The Hall–Kier alpha value is 1.40. The van der Waals surface area contributed by atoms with E-state index in [1.807, 2.05) is 43.2 Å². The Morgan fingerprint density at radius 2 is 1.18 bits per heavy atom. The van der Waals surface area contributed by atoms with Gasteiger partial charge in [-0.25, -0.2) is 0 Å². The molecule has 0 aromatic heterocycles. The summed E-state index contributed by atoms with van der Waals surface area (Å²) in [5, 5.41) is 2.71. The number of rotatable bonds is 6. The highest BCUT2D eigenvalue weighted by molar-refractivity contribution is 8.85. The Labute approximate surface area is 86.2 Å². The van der Waals surface area contributed by atoms with Crippen molar-refractivity contribution >= 4 is 43.2 Å². The average molecular weight is 228 g/mol. The molecule has 0 nitrogen and oxygen atoms in total. The molecule has 0 fully saturated rings. The summed E-state index contributed by atoms with van der Waals surface area (Å²) in [5.74, 6) is 0. The summed E-state index contributed by atoms with van der Waals surface area (Å²) in [6, 6.07) is 0. The molecule has 0 rings (SSSR count). The second kappa shape index (κ2) is 8.02. The minimum atomic E-state index is 0.754. The van der Waals surface area contributed by atoms with Crippen molar-refractivity contribution in [2.75, 3.05) is 5.08 Å². The maximum atomic E-state index is 2.23. The Kier molecular flexibility index (Phi) is 9.04. The van der Waals surface area contributed by atoms with Crippen molar-refractivity contribution in [3.05, 3.63) is 0 Å². The van der Waals surface area contributed by atoms with Gasteiger partial charge in [0.25, 0.3) is 0 Å². The fourth-order valence-corrected chi connectivity index (χ4v) is 5.54. The third-order valence-electron chi connectivity index (χ3n) is 0.617. The minimum absolute atomic E-state index is 0.754. The summed E-state index contributed by atoms with van der Waals surface area (Å²) in [6.45, 7) is 8.94. The maximum Gasteiger partial charge on any atom is 0.0600 e. The first-order chi connectivity index (χ1) is 5.13. The van der Waals surface area contributed by atoms with Crippen LogP contribution in [0, 0.1) is 0 Å². The van der Waals surface area contributed by atoms with Gasteiger partial charge in [0.1, 0.15) is 0 Å². The molecule has 0 aliphatic heterocycles. The molecule has 0 radical (unpaired) electrons. The van der Waals surface area contributed by atoms with Crippen LogP contribution in [0.25, 0.3) is 0 Å². The molecule has 11 heavy (non-hydrogen) atoms. The highest BCUT2D eigenvalue weighted by Gasteiger charge is 1.97. The van der Waals surface area contributed by atoms with E-state index in [2.05, 4.69) is 27.7 Å². The van der Waals surface area contributed by atoms with Crippen molar-refractivity contribution in [3.8, 4) is 0 Å². The van der Waals surface area contributed by atoms with Crippen LogP contribution in [0.4, 0.5) is 0 Å². The number of hydrogen-bond acceptors (Lipinski definition) is 4. The second-order valence-corrected chi connectivity index (χ2v) is 8.90. The first-order valence-electron chi connectivity index (χ1n) is 3.69. The first-order valence-corrected chi connectivity index (χ1v) is 8.46. The summed E-state index contributed by atoms with van der Waals surface area (Å²) in [4.78, 5) is 0. The molecule has 0 atom stereocenters. The molecule has 0 spiro atoms. The molecular formula is C7H16S4. The zero-order chi connectivity index (χ0) is 8.69. The summed E-state index contributed by atoms with van der Waals surface area (Å²) >= 11 is 0. The molecule has 4 heteroatoms. The van der Waals surface area contributed by atoms with Gasteiger partial charge in [-0.3, -0.25) is 0 Å². The van der Waals surface area contributed by atoms with Gasteiger partial charge in [0.2, 0.25) is 0 Å². The largest absolute Gasteiger partial charge is 0.0904 e. The molecule has 0 aromatic carbocycles. The topological polar surface area (TPSA) is 0 Å². The lowest BCUT2D eigenvalue weighted by atomic mass is 10.6. The van der Waals surface area contributed by atoms with Gasteiger partial charge in [0, 0.05) is 10.5 Å². The van der Waals surface area contributed by atoms with E-state index >= 15 is 0 Å². The van der Waals surface area contributed by atoms with E-state index in [1.54, 1.807) is 0 Å². The summed E-state index contributed by atoms with van der Waals surface area (Å²) in [7, 11) is 7.86. The molecule has 0 heterocycles. The van der Waals surface area contributed by atoms with E-state index in [-0.39, 0.29) is 0 Å². The zero-order valence-corrected chi connectivity index (χ0v) is 10.8. The maximum absolute atomic E-state index is 2.23. The second-order valence-electron chi connectivity index (χ2n) is 2.64. The molecular weight excluding hydrogens is 212 g/mol. The first kappa shape index (κ1) is 12.4. The van der Waals surface area contributed by atoms with E-state index in [9.17, 15) is 0 Å². The van der Waals surface area contributed by atoms with Crippen molar-refractivity contribution in [2.45, 2.75) is 38.2 Å². The van der Waals surface area contributed by atoms with Crippen molar-refractivity contribution < 1.29 is 0 Å². The molecule has 68 valence electrons. The molecule has 0 aromatic rings. The van der Waals surface area contributed by atoms with Crippen molar-refractivity contribution in [1.82, 2.24) is 0 Å². The normalized spacial score (nSPS) is 11.5. The lowest BCUT2D eigenvalue weighted by Crippen LogP contribution is -1.82. The van der Waals surface area contributed by atoms with Crippen LogP contribution in [0.5, 0.6) is 0 Å². The lowest BCUT2D eigenvalue weighted by Gasteiger charge is -2.04. The van der Waals surface area contributed by atoms with Crippen LogP contribution in [-0.4, -0.2) is 15.6 Å². The van der Waals surface area contributed by atoms with Crippen molar-refractivity contribution in [3.63, 3.8) is 0 Å².